The molecule has 0 rings (SSSR count). The highest BCUT2D eigenvalue weighted by atomic mass is 127. The minimum Gasteiger partial charge on any atom is -0.364 e. The molecule has 0 saturated heterocycles. The van der Waals surface area contributed by atoms with Crippen LogP contribution >= 0.6 is 22.6 Å². The van der Waals surface area contributed by atoms with Gasteiger partial charge in [-0.1, -0.05) is 0 Å². The number of rotatable bonds is 2. The van der Waals surface area contributed by atoms with Crippen molar-refractivity contribution in [1.82, 2.24) is 0 Å². The summed E-state index contributed by atoms with van der Waals surface area (Å²) in [6.45, 7) is 0. The van der Waals surface area contributed by atoms with Gasteiger partial charge in [-0.05, 0) is 0 Å². The van der Waals surface area contributed by atoms with Crippen LogP contribution in [-0.2, 0) is 9.53 Å². The van der Waals surface area contributed by atoms with Gasteiger partial charge in [0.15, 0.2) is 0 Å². The molecule has 0 N–H and O–H groups in total. The summed E-state index contributed by atoms with van der Waals surface area (Å²) in [5, 5.41) is 0. The van der Waals surface area contributed by atoms with Crippen molar-refractivity contribution in [2.75, 3.05) is 7.11 Å². The first-order chi connectivity index (χ1) is 4.39. The van der Waals surface area contributed by atoms with Crippen LogP contribution in [0.2, 0.25) is 0 Å². The Morgan fingerprint density at radius 1 is 1.60 bits per heavy atom. The Morgan fingerprint density at radius 3 is 2.00 bits per heavy atom. The van der Waals surface area contributed by atoms with E-state index in [1.807, 2.05) is 0 Å². The van der Waals surface area contributed by atoms with E-state index >= 15 is 0 Å². The lowest BCUT2D eigenvalue weighted by atomic mass is 10.4. The first-order valence-corrected chi connectivity index (χ1v) is 3.26. The molecule has 0 bridgehead atoms. The van der Waals surface area contributed by atoms with Crippen molar-refractivity contribution in [2.24, 2.45) is 0 Å². The van der Waals surface area contributed by atoms with E-state index in [0.29, 0.717) is 0 Å². The fourth-order valence-electron chi connectivity index (χ4n) is 0.355. The minimum absolute atomic E-state index is 0.842. The zero-order valence-electron chi connectivity index (χ0n) is 4.91. The van der Waals surface area contributed by atoms with E-state index in [4.69, 9.17) is 0 Å². The number of alkyl halides is 3. The van der Waals surface area contributed by atoms with E-state index < -0.39 is 16.1 Å². The molecule has 0 aliphatic heterocycles. The fraction of sp³-hybridized carbons (Fsp3) is 0.750. The predicted octanol–water partition coefficient (Wildman–Crippen LogP) is 1.53. The summed E-state index contributed by atoms with van der Waals surface area (Å²) < 4.78 is 37.7. The molecular weight excluding hydrogens is 264 g/mol. The summed E-state index contributed by atoms with van der Waals surface area (Å²) in [5.74, 6) is 0. The Labute approximate surface area is 68.9 Å². The van der Waals surface area contributed by atoms with Gasteiger partial charge >= 0.3 is 6.18 Å². The molecule has 0 aliphatic carbocycles. The first-order valence-electron chi connectivity index (χ1n) is 2.18. The van der Waals surface area contributed by atoms with Gasteiger partial charge in [-0.15, -0.1) is 0 Å². The summed E-state index contributed by atoms with van der Waals surface area (Å²) in [6.07, 6.45) is -6.87. The molecule has 0 fully saturated rings. The Morgan fingerprint density at radius 2 is 2.00 bits per heavy atom. The average Bonchev–Trinajstić information content (AvgIpc) is 1.60. The Hall–Kier alpha value is 0.150. The highest BCUT2D eigenvalue weighted by molar-refractivity contribution is 14.1. The number of ether oxygens (including phenoxy) is 1. The quantitative estimate of drug-likeness (QED) is 0.560. The summed E-state index contributed by atoms with van der Waals surface area (Å²) in [6, 6.07) is 0. The van der Waals surface area contributed by atoms with Gasteiger partial charge in [0.05, 0.1) is 0 Å². The normalized spacial score (nSPS) is 14.9. The van der Waals surface area contributed by atoms with Gasteiger partial charge in [0.25, 0.3) is 0 Å². The van der Waals surface area contributed by atoms with Gasteiger partial charge in [-0.3, -0.25) is 4.79 Å². The molecule has 0 heterocycles. The van der Waals surface area contributed by atoms with Gasteiger partial charge in [-0.2, -0.15) is 13.2 Å². The van der Waals surface area contributed by atoms with Gasteiger partial charge in [-0.25, -0.2) is 0 Å². The maximum atomic E-state index is 11.6. The van der Waals surface area contributed by atoms with Crippen molar-refractivity contribution in [3.63, 3.8) is 0 Å². The summed E-state index contributed by atoms with van der Waals surface area (Å²) >= 11 is 1.05. The second-order valence-corrected chi connectivity index (χ2v) is 2.52. The maximum Gasteiger partial charge on any atom is 0.422 e. The molecule has 0 amide bonds. The van der Waals surface area contributed by atoms with Crippen LogP contribution in [0.3, 0.4) is 0 Å². The molecule has 1 atom stereocenters. The summed E-state index contributed by atoms with van der Waals surface area (Å²) in [7, 11) is 0.842. The zero-order chi connectivity index (χ0) is 8.36. The maximum absolute atomic E-state index is 11.6. The van der Waals surface area contributed by atoms with Gasteiger partial charge in [0, 0.05) is 29.7 Å². The molecule has 1 unspecified atom stereocenters. The molecule has 6 heteroatoms. The van der Waals surface area contributed by atoms with Crippen LogP contribution < -0.4 is 0 Å². The summed E-state index contributed by atoms with van der Waals surface area (Å²) in [4.78, 5) is 10.2. The topological polar surface area (TPSA) is 26.3 Å². The molecule has 0 aliphatic rings. The van der Waals surface area contributed by atoms with Crippen molar-refractivity contribution in [3.05, 3.63) is 0 Å². The van der Waals surface area contributed by atoms with Crippen LogP contribution in [0.25, 0.3) is 0 Å². The molecular formula is C4H4F3IO2. The number of carbonyl (C=O) groups is 1. The lowest BCUT2D eigenvalue weighted by molar-refractivity contribution is -0.205. The van der Waals surface area contributed by atoms with Crippen LogP contribution in [0.15, 0.2) is 0 Å². The third-order valence-corrected chi connectivity index (χ3v) is 1.30. The van der Waals surface area contributed by atoms with E-state index in [1.54, 1.807) is 0 Å². The van der Waals surface area contributed by atoms with E-state index in [-0.39, 0.29) is 0 Å². The molecule has 0 radical (unpaired) electrons. The second kappa shape index (κ2) is 3.51. The molecule has 0 aromatic heterocycles. The number of methoxy groups -OCH3 is 1. The fourth-order valence-corrected chi connectivity index (χ4v) is 0.962. The molecule has 2 nitrogen and oxygen atoms in total. The first kappa shape index (κ1) is 10.2. The van der Waals surface area contributed by atoms with Crippen molar-refractivity contribution in [2.45, 2.75) is 12.3 Å². The highest BCUT2D eigenvalue weighted by Crippen LogP contribution is 2.24. The molecule has 60 valence electrons. The highest BCUT2D eigenvalue weighted by Gasteiger charge is 2.44. The Kier molecular flexibility index (Phi) is 3.57. The smallest absolute Gasteiger partial charge is 0.364 e. The average molecular weight is 268 g/mol. The number of halogens is 4. The molecule has 0 aromatic carbocycles. The van der Waals surface area contributed by atoms with Crippen LogP contribution in [0.4, 0.5) is 13.2 Å². The summed E-state index contributed by atoms with van der Waals surface area (Å²) in [5.41, 5.74) is 0. The number of carbonyl (C=O) groups excluding carboxylic acids is 1. The Bertz CT molecular complexity index is 133. The lowest BCUT2D eigenvalue weighted by Crippen LogP contribution is -2.35. The van der Waals surface area contributed by atoms with Gasteiger partial charge < -0.3 is 4.74 Å². The number of hydrogen-bond acceptors (Lipinski definition) is 2. The standard InChI is InChI=1S/C4H4F3IO2/c1-10-2(3(8)9)4(5,6)7/h2H,1H3. The van der Waals surface area contributed by atoms with E-state index in [1.165, 1.54) is 0 Å². The molecule has 0 saturated carbocycles. The number of hydrogen-bond donors (Lipinski definition) is 0. The van der Waals surface area contributed by atoms with E-state index in [9.17, 15) is 18.0 Å². The molecule has 10 heavy (non-hydrogen) atoms. The van der Waals surface area contributed by atoms with Crippen LogP contribution in [0.1, 0.15) is 0 Å². The third kappa shape index (κ3) is 2.82. The van der Waals surface area contributed by atoms with E-state index in [2.05, 4.69) is 4.74 Å². The van der Waals surface area contributed by atoms with Gasteiger partial charge in [0.2, 0.25) is 9.89 Å². The van der Waals surface area contributed by atoms with Crippen molar-refractivity contribution in [1.29, 1.82) is 0 Å². The lowest BCUT2D eigenvalue weighted by Gasteiger charge is -2.13. The molecule has 0 aromatic rings. The molecule has 0 spiro atoms. The van der Waals surface area contributed by atoms with Crippen molar-refractivity contribution < 1.29 is 22.7 Å². The van der Waals surface area contributed by atoms with Crippen LogP contribution in [-0.4, -0.2) is 23.2 Å². The largest absolute Gasteiger partial charge is 0.422 e. The zero-order valence-corrected chi connectivity index (χ0v) is 7.06. The van der Waals surface area contributed by atoms with E-state index in [0.717, 1.165) is 29.7 Å². The SMILES string of the molecule is COC(C(=O)I)C(F)(F)F. The van der Waals surface area contributed by atoms with Gasteiger partial charge in [0.1, 0.15) is 0 Å². The Balaban J connectivity index is 4.22. The second-order valence-electron chi connectivity index (χ2n) is 1.46. The van der Waals surface area contributed by atoms with Crippen molar-refractivity contribution in [3.8, 4) is 0 Å². The van der Waals surface area contributed by atoms with Crippen LogP contribution in [0, 0.1) is 0 Å². The minimum atomic E-state index is -4.59. The van der Waals surface area contributed by atoms with Crippen molar-refractivity contribution >= 4 is 26.4 Å². The monoisotopic (exact) mass is 268 g/mol. The van der Waals surface area contributed by atoms with Crippen LogP contribution in [0.5, 0.6) is 0 Å². The predicted molar refractivity (Wildman–Crippen MR) is 35.9 cm³/mol. The third-order valence-electron chi connectivity index (χ3n) is 0.739.